The smallest absolute Gasteiger partial charge is 0.233 e. The molecule has 1 N–H and O–H groups in total. The van der Waals surface area contributed by atoms with Gasteiger partial charge in [-0.15, -0.1) is 0 Å². The van der Waals surface area contributed by atoms with E-state index in [0.29, 0.717) is 12.5 Å². The standard InChI is InChI=1S/C15H21NO4S/c1-21(18,19)16-15(17)10-9-12-5-4-8-14(11-12)20-13-6-2-3-7-13/h4-5,8,11,13H,2-3,6-7,9-10H2,1H3,(H,16,17). The van der Waals surface area contributed by atoms with E-state index in [9.17, 15) is 13.2 Å². The van der Waals surface area contributed by atoms with Crippen molar-refractivity contribution in [3.8, 4) is 5.75 Å². The van der Waals surface area contributed by atoms with Gasteiger partial charge in [0.25, 0.3) is 0 Å². The Morgan fingerprint density at radius 1 is 1.33 bits per heavy atom. The molecule has 0 aromatic heterocycles. The van der Waals surface area contributed by atoms with Crippen LogP contribution in [0.4, 0.5) is 0 Å². The third-order valence-electron chi connectivity index (χ3n) is 3.44. The van der Waals surface area contributed by atoms with E-state index in [1.54, 1.807) is 0 Å². The Morgan fingerprint density at radius 3 is 2.71 bits per heavy atom. The summed E-state index contributed by atoms with van der Waals surface area (Å²) in [5.41, 5.74) is 0.967. The highest BCUT2D eigenvalue weighted by Gasteiger charge is 2.16. The first-order valence-corrected chi connectivity index (χ1v) is 9.08. The normalized spacial score (nSPS) is 15.9. The molecular weight excluding hydrogens is 290 g/mol. The second kappa shape index (κ2) is 6.93. The van der Waals surface area contributed by atoms with Crippen LogP contribution < -0.4 is 9.46 Å². The molecule has 0 spiro atoms. The van der Waals surface area contributed by atoms with Crippen LogP contribution in [0.25, 0.3) is 0 Å². The lowest BCUT2D eigenvalue weighted by atomic mass is 10.1. The molecular formula is C15H21NO4S. The van der Waals surface area contributed by atoms with E-state index >= 15 is 0 Å². The van der Waals surface area contributed by atoms with Crippen LogP contribution in [0.5, 0.6) is 5.75 Å². The summed E-state index contributed by atoms with van der Waals surface area (Å²) in [6.07, 6.45) is 6.53. The van der Waals surface area contributed by atoms with Gasteiger partial charge in [-0.1, -0.05) is 12.1 Å². The Bertz CT molecular complexity index is 591. The number of hydrogen-bond acceptors (Lipinski definition) is 4. The Hall–Kier alpha value is -1.56. The largest absolute Gasteiger partial charge is 0.490 e. The van der Waals surface area contributed by atoms with Gasteiger partial charge in [0.05, 0.1) is 12.4 Å². The molecule has 0 aliphatic heterocycles. The molecule has 2 rings (SSSR count). The van der Waals surface area contributed by atoms with Gasteiger partial charge in [-0.25, -0.2) is 8.42 Å². The molecule has 1 amide bonds. The topological polar surface area (TPSA) is 72.5 Å². The van der Waals surface area contributed by atoms with E-state index in [2.05, 4.69) is 0 Å². The maximum Gasteiger partial charge on any atom is 0.233 e. The maximum absolute atomic E-state index is 11.5. The van der Waals surface area contributed by atoms with Crippen LogP contribution >= 0.6 is 0 Å². The third kappa shape index (κ3) is 5.75. The fourth-order valence-corrected chi connectivity index (χ4v) is 3.00. The number of aryl methyl sites for hydroxylation is 1. The second-order valence-corrected chi connectivity index (χ2v) is 7.22. The Labute approximate surface area is 125 Å². The highest BCUT2D eigenvalue weighted by molar-refractivity contribution is 7.89. The van der Waals surface area contributed by atoms with Gasteiger partial charge in [-0.3, -0.25) is 9.52 Å². The average molecular weight is 311 g/mol. The van der Waals surface area contributed by atoms with Crippen LogP contribution in [-0.2, 0) is 21.2 Å². The molecule has 1 saturated carbocycles. The van der Waals surface area contributed by atoms with E-state index in [1.165, 1.54) is 12.8 Å². The van der Waals surface area contributed by atoms with Gasteiger partial charge in [0.1, 0.15) is 5.75 Å². The minimum absolute atomic E-state index is 0.139. The third-order valence-corrected chi connectivity index (χ3v) is 4.04. The number of hydrogen-bond donors (Lipinski definition) is 1. The Kier molecular flexibility index (Phi) is 5.22. The van der Waals surface area contributed by atoms with E-state index in [-0.39, 0.29) is 6.42 Å². The molecule has 5 nitrogen and oxygen atoms in total. The molecule has 0 saturated heterocycles. The van der Waals surface area contributed by atoms with Crippen molar-refractivity contribution in [2.75, 3.05) is 6.26 Å². The van der Waals surface area contributed by atoms with E-state index in [0.717, 1.165) is 30.4 Å². The molecule has 0 bridgehead atoms. The zero-order chi connectivity index (χ0) is 15.3. The van der Waals surface area contributed by atoms with Crippen molar-refractivity contribution in [3.63, 3.8) is 0 Å². The summed E-state index contributed by atoms with van der Waals surface area (Å²) < 4.78 is 29.8. The van der Waals surface area contributed by atoms with Gasteiger partial charge in [-0.2, -0.15) is 0 Å². The van der Waals surface area contributed by atoms with Crippen LogP contribution in [0.2, 0.25) is 0 Å². The lowest BCUT2D eigenvalue weighted by Crippen LogP contribution is -2.29. The zero-order valence-electron chi connectivity index (χ0n) is 12.2. The van der Waals surface area contributed by atoms with Crippen molar-refractivity contribution < 1.29 is 17.9 Å². The summed E-state index contributed by atoms with van der Waals surface area (Å²) in [5, 5.41) is 0. The van der Waals surface area contributed by atoms with Crippen molar-refractivity contribution in [2.24, 2.45) is 0 Å². The Balaban J connectivity index is 1.87. The number of carbonyl (C=O) groups excluding carboxylic acids is 1. The molecule has 0 radical (unpaired) electrons. The maximum atomic E-state index is 11.5. The quantitative estimate of drug-likeness (QED) is 0.872. The molecule has 0 atom stereocenters. The summed E-state index contributed by atoms with van der Waals surface area (Å²) in [6, 6.07) is 7.65. The summed E-state index contributed by atoms with van der Waals surface area (Å²) in [7, 11) is -3.48. The predicted molar refractivity (Wildman–Crippen MR) is 80.6 cm³/mol. The number of nitrogens with one attached hydrogen (secondary N) is 1. The summed E-state index contributed by atoms with van der Waals surface area (Å²) in [4.78, 5) is 11.5. The van der Waals surface area contributed by atoms with Crippen LogP contribution in [0.3, 0.4) is 0 Å². The number of benzene rings is 1. The van der Waals surface area contributed by atoms with Gasteiger partial charge < -0.3 is 4.74 Å². The van der Waals surface area contributed by atoms with Crippen LogP contribution in [0, 0.1) is 0 Å². The molecule has 1 aromatic rings. The number of amides is 1. The molecule has 1 aromatic carbocycles. The number of ether oxygens (including phenoxy) is 1. The SMILES string of the molecule is CS(=O)(=O)NC(=O)CCc1cccc(OC2CCCC2)c1. The van der Waals surface area contributed by atoms with Crippen molar-refractivity contribution in [3.05, 3.63) is 29.8 Å². The first-order valence-electron chi connectivity index (χ1n) is 7.18. The van der Waals surface area contributed by atoms with Crippen LogP contribution in [0.1, 0.15) is 37.7 Å². The minimum Gasteiger partial charge on any atom is -0.490 e. The lowest BCUT2D eigenvalue weighted by Gasteiger charge is -2.13. The predicted octanol–water partition coefficient (Wildman–Crippen LogP) is 2.02. The summed E-state index contributed by atoms with van der Waals surface area (Å²) >= 11 is 0. The van der Waals surface area contributed by atoms with Crippen molar-refractivity contribution in [1.82, 2.24) is 4.72 Å². The second-order valence-electron chi connectivity index (χ2n) is 5.47. The van der Waals surface area contributed by atoms with Crippen LogP contribution in [0.15, 0.2) is 24.3 Å². The van der Waals surface area contributed by atoms with Gasteiger partial charge in [0.2, 0.25) is 15.9 Å². The monoisotopic (exact) mass is 311 g/mol. The van der Waals surface area contributed by atoms with Gasteiger partial charge in [-0.05, 0) is 49.8 Å². The highest BCUT2D eigenvalue weighted by Crippen LogP contribution is 2.24. The van der Waals surface area contributed by atoms with E-state index < -0.39 is 15.9 Å². The highest BCUT2D eigenvalue weighted by atomic mass is 32.2. The zero-order valence-corrected chi connectivity index (χ0v) is 13.0. The van der Waals surface area contributed by atoms with Gasteiger partial charge in [0, 0.05) is 6.42 Å². The first kappa shape index (κ1) is 15.8. The molecule has 0 heterocycles. The van der Waals surface area contributed by atoms with Crippen molar-refractivity contribution in [1.29, 1.82) is 0 Å². The average Bonchev–Trinajstić information content (AvgIpc) is 2.88. The number of carbonyl (C=O) groups is 1. The van der Waals surface area contributed by atoms with Crippen molar-refractivity contribution >= 4 is 15.9 Å². The van der Waals surface area contributed by atoms with Gasteiger partial charge in [0.15, 0.2) is 0 Å². The Morgan fingerprint density at radius 2 is 2.05 bits per heavy atom. The summed E-state index contributed by atoms with van der Waals surface area (Å²) in [6.45, 7) is 0. The minimum atomic E-state index is -3.48. The first-order chi connectivity index (χ1) is 9.92. The molecule has 0 unspecified atom stereocenters. The van der Waals surface area contributed by atoms with Crippen molar-refractivity contribution in [2.45, 2.75) is 44.6 Å². The molecule has 6 heteroatoms. The molecule has 1 fully saturated rings. The van der Waals surface area contributed by atoms with E-state index in [1.807, 2.05) is 29.0 Å². The molecule has 116 valence electrons. The van der Waals surface area contributed by atoms with Gasteiger partial charge >= 0.3 is 0 Å². The molecule has 21 heavy (non-hydrogen) atoms. The molecule has 1 aliphatic rings. The lowest BCUT2D eigenvalue weighted by molar-refractivity contribution is -0.119. The van der Waals surface area contributed by atoms with Crippen LogP contribution in [-0.4, -0.2) is 26.7 Å². The fraction of sp³-hybridized carbons (Fsp3) is 0.533. The van der Waals surface area contributed by atoms with E-state index in [4.69, 9.17) is 4.74 Å². The summed E-state index contributed by atoms with van der Waals surface area (Å²) in [5.74, 6) is 0.336. The number of sulfonamides is 1. The number of rotatable bonds is 6. The fourth-order valence-electron chi connectivity index (χ4n) is 2.49. The molecule has 1 aliphatic carbocycles.